The Bertz CT molecular complexity index is 1540. The maximum absolute atomic E-state index is 12.5. The lowest BCUT2D eigenvalue weighted by molar-refractivity contribution is -0.275. The van der Waals surface area contributed by atoms with Crippen LogP contribution in [-0.4, -0.2) is 39.4 Å². The Balaban J connectivity index is 1.80. The number of alkyl halides is 6. The molecule has 14 heteroatoms. The standard InChI is InChI=1S/C25H15F6NO7/c26-24(27,28)38-14-6-4-13(5-7-14)32-19-9-8-16(11-18(19)22(23(35)36)20(32)12-21(33)34)37-15-2-1-3-17(10-15)39-25(29,30)31/h1-11H,12H2,(H,33,34)(H,35,36). The summed E-state index contributed by atoms with van der Waals surface area (Å²) < 4.78 is 89.8. The van der Waals surface area contributed by atoms with Crippen molar-refractivity contribution in [2.45, 2.75) is 19.1 Å². The van der Waals surface area contributed by atoms with Crippen LogP contribution in [0.15, 0.2) is 66.7 Å². The van der Waals surface area contributed by atoms with Gasteiger partial charge in [0.05, 0.1) is 17.5 Å². The van der Waals surface area contributed by atoms with E-state index >= 15 is 0 Å². The molecular weight excluding hydrogens is 540 g/mol. The van der Waals surface area contributed by atoms with Crippen molar-refractivity contribution in [2.24, 2.45) is 0 Å². The number of hydrogen-bond acceptors (Lipinski definition) is 5. The van der Waals surface area contributed by atoms with Crippen molar-refractivity contribution in [3.05, 3.63) is 78.0 Å². The lowest BCUT2D eigenvalue weighted by Crippen LogP contribution is -2.17. The fourth-order valence-electron chi connectivity index (χ4n) is 3.90. The molecule has 1 heterocycles. The fraction of sp³-hybridized carbons (Fsp3) is 0.120. The lowest BCUT2D eigenvalue weighted by Gasteiger charge is -2.13. The number of halogens is 6. The Morgan fingerprint density at radius 1 is 0.744 bits per heavy atom. The highest BCUT2D eigenvalue weighted by Crippen LogP contribution is 2.36. The van der Waals surface area contributed by atoms with E-state index in [1.54, 1.807) is 0 Å². The molecule has 204 valence electrons. The van der Waals surface area contributed by atoms with Crippen LogP contribution in [-0.2, 0) is 11.2 Å². The minimum atomic E-state index is -4.94. The Morgan fingerprint density at radius 3 is 1.90 bits per heavy atom. The molecule has 1 aromatic heterocycles. The van der Waals surface area contributed by atoms with Gasteiger partial charge in [0, 0.05) is 22.8 Å². The molecule has 0 aliphatic heterocycles. The molecule has 0 saturated carbocycles. The van der Waals surface area contributed by atoms with Crippen LogP contribution in [0, 0.1) is 0 Å². The first-order valence-corrected chi connectivity index (χ1v) is 10.7. The second-order valence-corrected chi connectivity index (χ2v) is 7.88. The second kappa shape index (κ2) is 10.1. The van der Waals surface area contributed by atoms with Gasteiger partial charge in [-0.05, 0) is 54.6 Å². The lowest BCUT2D eigenvalue weighted by atomic mass is 10.1. The molecule has 0 aliphatic carbocycles. The first-order valence-electron chi connectivity index (χ1n) is 10.7. The minimum absolute atomic E-state index is 0.00195. The van der Waals surface area contributed by atoms with Gasteiger partial charge in [0.1, 0.15) is 23.0 Å². The van der Waals surface area contributed by atoms with Crippen LogP contribution in [0.2, 0.25) is 0 Å². The third kappa shape index (κ3) is 6.52. The summed E-state index contributed by atoms with van der Waals surface area (Å²) in [6.07, 6.45) is -10.6. The quantitative estimate of drug-likeness (QED) is 0.238. The molecule has 8 nitrogen and oxygen atoms in total. The van der Waals surface area contributed by atoms with Crippen LogP contribution in [0.5, 0.6) is 23.0 Å². The molecule has 0 bridgehead atoms. The number of ether oxygens (including phenoxy) is 3. The second-order valence-electron chi connectivity index (χ2n) is 7.88. The first kappa shape index (κ1) is 27.2. The van der Waals surface area contributed by atoms with E-state index in [0.717, 1.165) is 24.3 Å². The van der Waals surface area contributed by atoms with E-state index in [1.165, 1.54) is 47.0 Å². The molecule has 0 spiro atoms. The molecule has 0 radical (unpaired) electrons. The average molecular weight is 555 g/mol. The van der Waals surface area contributed by atoms with Crippen molar-refractivity contribution in [3.63, 3.8) is 0 Å². The van der Waals surface area contributed by atoms with Crippen molar-refractivity contribution < 1.29 is 60.4 Å². The molecule has 0 saturated heterocycles. The summed E-state index contributed by atoms with van der Waals surface area (Å²) in [5.74, 6) is -4.05. The number of benzene rings is 3. The van der Waals surface area contributed by atoms with Crippen LogP contribution in [0.3, 0.4) is 0 Å². The topological polar surface area (TPSA) is 107 Å². The van der Waals surface area contributed by atoms with E-state index in [2.05, 4.69) is 9.47 Å². The first-order chi connectivity index (χ1) is 18.2. The highest BCUT2D eigenvalue weighted by atomic mass is 19.4. The molecule has 0 unspecified atom stereocenters. The zero-order valence-corrected chi connectivity index (χ0v) is 19.2. The summed E-state index contributed by atoms with van der Waals surface area (Å²) in [6.45, 7) is 0. The van der Waals surface area contributed by atoms with E-state index < -0.39 is 48.1 Å². The Labute approximate surface area is 214 Å². The maximum Gasteiger partial charge on any atom is 0.573 e. The molecule has 4 rings (SSSR count). The monoisotopic (exact) mass is 555 g/mol. The molecule has 0 atom stereocenters. The Morgan fingerprint density at radius 2 is 1.31 bits per heavy atom. The Kier molecular flexibility index (Phi) is 7.05. The predicted molar refractivity (Wildman–Crippen MR) is 121 cm³/mol. The molecule has 0 aliphatic rings. The van der Waals surface area contributed by atoms with Crippen LogP contribution >= 0.6 is 0 Å². The van der Waals surface area contributed by atoms with Gasteiger partial charge in [-0.3, -0.25) is 4.79 Å². The number of hydrogen-bond donors (Lipinski definition) is 2. The van der Waals surface area contributed by atoms with Crippen LogP contribution in [0.25, 0.3) is 16.6 Å². The zero-order valence-electron chi connectivity index (χ0n) is 19.2. The molecule has 39 heavy (non-hydrogen) atoms. The van der Waals surface area contributed by atoms with Gasteiger partial charge in [-0.1, -0.05) is 6.07 Å². The minimum Gasteiger partial charge on any atom is -0.481 e. The number of aromatic carboxylic acids is 1. The number of aliphatic carboxylic acids is 1. The summed E-state index contributed by atoms with van der Waals surface area (Å²) >= 11 is 0. The number of carbonyl (C=O) groups is 2. The van der Waals surface area contributed by atoms with Gasteiger partial charge in [0.15, 0.2) is 0 Å². The van der Waals surface area contributed by atoms with Crippen molar-refractivity contribution in [1.82, 2.24) is 4.57 Å². The zero-order chi connectivity index (χ0) is 28.5. The summed E-state index contributed by atoms with van der Waals surface area (Å²) in [5.41, 5.74) is -0.284. The fourth-order valence-corrected chi connectivity index (χ4v) is 3.90. The van der Waals surface area contributed by atoms with Gasteiger partial charge in [-0.2, -0.15) is 0 Å². The van der Waals surface area contributed by atoms with Gasteiger partial charge in [-0.25, -0.2) is 4.79 Å². The third-order valence-corrected chi connectivity index (χ3v) is 5.17. The average Bonchev–Trinajstić information content (AvgIpc) is 3.10. The van der Waals surface area contributed by atoms with Gasteiger partial charge >= 0.3 is 24.7 Å². The van der Waals surface area contributed by atoms with Crippen molar-refractivity contribution >= 4 is 22.8 Å². The highest BCUT2D eigenvalue weighted by molar-refractivity contribution is 6.07. The normalized spacial score (nSPS) is 11.8. The maximum atomic E-state index is 12.5. The summed E-state index contributed by atoms with van der Waals surface area (Å²) in [5, 5.41) is 19.4. The number of carboxylic acids is 2. The van der Waals surface area contributed by atoms with Crippen LogP contribution in [0.1, 0.15) is 16.1 Å². The highest BCUT2D eigenvalue weighted by Gasteiger charge is 2.32. The number of aromatic nitrogens is 1. The SMILES string of the molecule is O=C(O)Cc1c(C(=O)O)c2cc(Oc3cccc(OC(F)(F)F)c3)ccc2n1-c1ccc(OC(F)(F)F)cc1. The van der Waals surface area contributed by atoms with E-state index in [-0.39, 0.29) is 33.8 Å². The molecule has 3 aromatic carbocycles. The van der Waals surface area contributed by atoms with Gasteiger partial charge in [0.2, 0.25) is 0 Å². The Hall–Kier alpha value is -4.88. The molecule has 4 aromatic rings. The summed E-state index contributed by atoms with van der Waals surface area (Å²) in [7, 11) is 0. The van der Waals surface area contributed by atoms with Crippen molar-refractivity contribution in [2.75, 3.05) is 0 Å². The van der Waals surface area contributed by atoms with Crippen molar-refractivity contribution in [3.8, 4) is 28.7 Å². The molecule has 0 amide bonds. The van der Waals surface area contributed by atoms with E-state index in [1.807, 2.05) is 0 Å². The van der Waals surface area contributed by atoms with Crippen LogP contribution in [0.4, 0.5) is 26.3 Å². The van der Waals surface area contributed by atoms with Gasteiger partial charge < -0.3 is 29.0 Å². The third-order valence-electron chi connectivity index (χ3n) is 5.17. The molecule has 2 N–H and O–H groups in total. The molecular formula is C25H15F6NO7. The summed E-state index contributed by atoms with van der Waals surface area (Å²) in [4.78, 5) is 23.8. The smallest absolute Gasteiger partial charge is 0.481 e. The van der Waals surface area contributed by atoms with E-state index in [4.69, 9.17) is 4.74 Å². The number of carboxylic acid groups (broad SMARTS) is 2. The molecule has 0 fully saturated rings. The number of fused-ring (bicyclic) bond motifs is 1. The van der Waals surface area contributed by atoms with Crippen LogP contribution < -0.4 is 14.2 Å². The summed E-state index contributed by atoms with van der Waals surface area (Å²) in [6, 6.07) is 12.9. The van der Waals surface area contributed by atoms with Gasteiger partial charge in [0.25, 0.3) is 0 Å². The van der Waals surface area contributed by atoms with Crippen molar-refractivity contribution in [1.29, 1.82) is 0 Å². The largest absolute Gasteiger partial charge is 0.573 e. The van der Waals surface area contributed by atoms with Gasteiger partial charge in [-0.15, -0.1) is 26.3 Å². The van der Waals surface area contributed by atoms with E-state index in [0.29, 0.717) is 0 Å². The predicted octanol–water partition coefficient (Wildman–Crippen LogP) is 6.55. The number of nitrogens with zero attached hydrogens (tertiary/aromatic N) is 1. The van der Waals surface area contributed by atoms with E-state index in [9.17, 15) is 46.1 Å². The number of rotatable bonds is 8.